The third-order valence-electron chi connectivity index (χ3n) is 5.39. The van der Waals surface area contributed by atoms with E-state index in [-0.39, 0.29) is 23.0 Å². The first-order valence-electron chi connectivity index (χ1n) is 10.1. The maximum Gasteiger partial charge on any atom is 0.237 e. The van der Waals surface area contributed by atoms with Gasteiger partial charge < -0.3 is 16.4 Å². The minimum absolute atomic E-state index is 0.00292. The molecule has 150 valence electrons. The van der Waals surface area contributed by atoms with E-state index in [1.54, 1.807) is 0 Å². The highest BCUT2D eigenvalue weighted by Crippen LogP contribution is 2.28. The van der Waals surface area contributed by atoms with E-state index in [0.717, 1.165) is 18.4 Å². The molecule has 1 fully saturated rings. The standard InChI is InChI=1S/C24H33N3O/c1-23(2)15-20(16-24(3,4)27-23)26-22(28)21(25)14-17-10-12-19(13-11-17)18-8-6-5-7-9-18/h5-13,20-21,27H,14-16,25H2,1-4H3,(H,26,28)/t21-/m0/s1. The predicted octanol–water partition coefficient (Wildman–Crippen LogP) is 3.65. The quantitative estimate of drug-likeness (QED) is 0.743. The lowest BCUT2D eigenvalue weighted by Gasteiger charge is -2.46. The van der Waals surface area contributed by atoms with Crippen molar-refractivity contribution in [3.8, 4) is 11.1 Å². The summed E-state index contributed by atoms with van der Waals surface area (Å²) in [5.74, 6) is -0.0642. The second-order valence-corrected chi connectivity index (χ2v) is 9.38. The molecule has 1 heterocycles. The number of benzene rings is 2. The molecule has 2 aromatic rings. The van der Waals surface area contributed by atoms with Crippen molar-refractivity contribution in [3.05, 3.63) is 60.2 Å². The molecule has 3 rings (SSSR count). The fourth-order valence-electron chi connectivity index (χ4n) is 4.54. The van der Waals surface area contributed by atoms with Gasteiger partial charge in [0.1, 0.15) is 0 Å². The first-order chi connectivity index (χ1) is 13.1. The number of hydrogen-bond acceptors (Lipinski definition) is 3. The summed E-state index contributed by atoms with van der Waals surface area (Å²) >= 11 is 0. The van der Waals surface area contributed by atoms with E-state index in [4.69, 9.17) is 5.73 Å². The van der Waals surface area contributed by atoms with Crippen LogP contribution in [0.2, 0.25) is 0 Å². The van der Waals surface area contributed by atoms with E-state index in [9.17, 15) is 4.79 Å². The molecule has 1 amide bonds. The molecule has 1 atom stereocenters. The van der Waals surface area contributed by atoms with Gasteiger partial charge in [-0.3, -0.25) is 4.79 Å². The first kappa shape index (κ1) is 20.6. The Bertz CT molecular complexity index is 780. The van der Waals surface area contributed by atoms with Gasteiger partial charge in [-0.1, -0.05) is 54.6 Å². The molecule has 4 nitrogen and oxygen atoms in total. The molecule has 1 saturated heterocycles. The predicted molar refractivity (Wildman–Crippen MR) is 116 cm³/mol. The van der Waals surface area contributed by atoms with Crippen LogP contribution in [-0.4, -0.2) is 29.1 Å². The molecule has 0 spiro atoms. The van der Waals surface area contributed by atoms with Crippen molar-refractivity contribution < 1.29 is 4.79 Å². The van der Waals surface area contributed by atoms with Crippen LogP contribution in [0.15, 0.2) is 54.6 Å². The van der Waals surface area contributed by atoms with E-state index >= 15 is 0 Å². The van der Waals surface area contributed by atoms with Crippen molar-refractivity contribution >= 4 is 5.91 Å². The van der Waals surface area contributed by atoms with Crippen molar-refractivity contribution in [1.82, 2.24) is 10.6 Å². The molecule has 1 aliphatic rings. The van der Waals surface area contributed by atoms with Crippen LogP contribution in [0, 0.1) is 0 Å². The highest BCUT2D eigenvalue weighted by atomic mass is 16.2. The van der Waals surface area contributed by atoms with Gasteiger partial charge in [-0.05, 0) is 63.6 Å². The van der Waals surface area contributed by atoms with Crippen molar-refractivity contribution in [2.75, 3.05) is 0 Å². The Kier molecular flexibility index (Phi) is 5.92. The number of piperidine rings is 1. The van der Waals surface area contributed by atoms with Gasteiger partial charge >= 0.3 is 0 Å². The van der Waals surface area contributed by atoms with Crippen LogP contribution in [0.5, 0.6) is 0 Å². The number of rotatable bonds is 5. The second-order valence-electron chi connectivity index (χ2n) is 9.38. The largest absolute Gasteiger partial charge is 0.352 e. The number of nitrogens with one attached hydrogen (secondary N) is 2. The zero-order valence-electron chi connectivity index (χ0n) is 17.5. The summed E-state index contributed by atoms with van der Waals surface area (Å²) in [6.45, 7) is 8.73. The Morgan fingerprint density at radius 3 is 2.11 bits per heavy atom. The third kappa shape index (κ3) is 5.43. The Hall–Kier alpha value is -2.17. The van der Waals surface area contributed by atoms with Gasteiger partial charge in [0, 0.05) is 17.1 Å². The molecular weight excluding hydrogens is 346 g/mol. The monoisotopic (exact) mass is 379 g/mol. The molecule has 0 radical (unpaired) electrons. The van der Waals surface area contributed by atoms with Crippen molar-refractivity contribution in [2.45, 2.75) is 70.1 Å². The van der Waals surface area contributed by atoms with E-state index in [0.29, 0.717) is 6.42 Å². The fourth-order valence-corrected chi connectivity index (χ4v) is 4.54. The lowest BCUT2D eigenvalue weighted by molar-refractivity contribution is -0.123. The zero-order chi connectivity index (χ0) is 20.4. The van der Waals surface area contributed by atoms with Gasteiger partial charge in [-0.15, -0.1) is 0 Å². The van der Waals surface area contributed by atoms with E-state index in [1.165, 1.54) is 11.1 Å². The number of nitrogens with two attached hydrogens (primary N) is 1. The Morgan fingerprint density at radius 2 is 1.54 bits per heavy atom. The molecule has 4 N–H and O–H groups in total. The van der Waals surface area contributed by atoms with Crippen molar-refractivity contribution in [3.63, 3.8) is 0 Å². The SMILES string of the molecule is CC1(C)CC(NC(=O)[C@@H](N)Cc2ccc(-c3ccccc3)cc2)CC(C)(C)N1. The summed E-state index contributed by atoms with van der Waals surface area (Å²) in [7, 11) is 0. The van der Waals surface area contributed by atoms with Crippen molar-refractivity contribution in [1.29, 1.82) is 0 Å². The first-order valence-corrected chi connectivity index (χ1v) is 10.1. The summed E-state index contributed by atoms with van der Waals surface area (Å²) in [4.78, 5) is 12.7. The lowest BCUT2D eigenvalue weighted by Crippen LogP contribution is -2.63. The molecule has 0 unspecified atom stereocenters. The van der Waals surface area contributed by atoms with Crippen LogP contribution in [0.25, 0.3) is 11.1 Å². The number of amides is 1. The van der Waals surface area contributed by atoms with Crippen LogP contribution in [-0.2, 0) is 11.2 Å². The van der Waals surface area contributed by atoms with Gasteiger partial charge in [0.05, 0.1) is 6.04 Å². The van der Waals surface area contributed by atoms with Gasteiger partial charge in [0.2, 0.25) is 5.91 Å². The summed E-state index contributed by atoms with van der Waals surface area (Å²) in [6.07, 6.45) is 2.35. The molecule has 0 aromatic heterocycles. The maximum atomic E-state index is 12.7. The highest BCUT2D eigenvalue weighted by Gasteiger charge is 2.38. The van der Waals surface area contributed by atoms with Crippen LogP contribution in [0.4, 0.5) is 0 Å². The normalized spacial score (nSPS) is 19.8. The Labute approximate surface area is 168 Å². The number of carbonyl (C=O) groups excluding carboxylic acids is 1. The van der Waals surface area contributed by atoms with E-state index in [2.05, 4.69) is 74.7 Å². The molecule has 0 saturated carbocycles. The third-order valence-corrected chi connectivity index (χ3v) is 5.39. The minimum Gasteiger partial charge on any atom is -0.352 e. The summed E-state index contributed by atoms with van der Waals surface area (Å²) in [5, 5.41) is 6.82. The fraction of sp³-hybridized carbons (Fsp3) is 0.458. The van der Waals surface area contributed by atoms with Gasteiger partial charge in [0.15, 0.2) is 0 Å². The van der Waals surface area contributed by atoms with E-state index in [1.807, 2.05) is 18.2 Å². The zero-order valence-corrected chi connectivity index (χ0v) is 17.5. The topological polar surface area (TPSA) is 67.2 Å². The van der Waals surface area contributed by atoms with E-state index < -0.39 is 6.04 Å². The molecule has 4 heteroatoms. The summed E-state index contributed by atoms with van der Waals surface area (Å²) in [6, 6.07) is 18.2. The van der Waals surface area contributed by atoms with Gasteiger partial charge in [0.25, 0.3) is 0 Å². The van der Waals surface area contributed by atoms with Crippen LogP contribution in [0.1, 0.15) is 46.1 Å². The molecule has 1 aliphatic heterocycles. The highest BCUT2D eigenvalue weighted by molar-refractivity contribution is 5.82. The maximum absolute atomic E-state index is 12.7. The average Bonchev–Trinajstić information content (AvgIpc) is 2.60. The van der Waals surface area contributed by atoms with Gasteiger partial charge in [-0.25, -0.2) is 0 Å². The number of carbonyl (C=O) groups is 1. The van der Waals surface area contributed by atoms with Gasteiger partial charge in [-0.2, -0.15) is 0 Å². The van der Waals surface area contributed by atoms with Crippen molar-refractivity contribution in [2.24, 2.45) is 5.73 Å². The smallest absolute Gasteiger partial charge is 0.237 e. The molecule has 0 bridgehead atoms. The Balaban J connectivity index is 1.58. The number of hydrogen-bond donors (Lipinski definition) is 3. The second kappa shape index (κ2) is 8.06. The average molecular weight is 380 g/mol. The Morgan fingerprint density at radius 1 is 1.00 bits per heavy atom. The summed E-state index contributed by atoms with van der Waals surface area (Å²) < 4.78 is 0. The summed E-state index contributed by atoms with van der Waals surface area (Å²) in [5.41, 5.74) is 9.65. The minimum atomic E-state index is -0.538. The van der Waals surface area contributed by atoms with Crippen LogP contribution < -0.4 is 16.4 Å². The van der Waals surface area contributed by atoms with Crippen LogP contribution in [0.3, 0.4) is 0 Å². The molecular formula is C24H33N3O. The lowest BCUT2D eigenvalue weighted by atomic mass is 9.79. The molecule has 28 heavy (non-hydrogen) atoms. The van der Waals surface area contributed by atoms with Crippen LogP contribution >= 0.6 is 0 Å². The molecule has 0 aliphatic carbocycles. The molecule has 2 aromatic carbocycles.